The van der Waals surface area contributed by atoms with Gasteiger partial charge in [0, 0.05) is 22.0 Å². The highest BCUT2D eigenvalue weighted by Gasteiger charge is 2.26. The third-order valence-electron chi connectivity index (χ3n) is 3.54. The van der Waals surface area contributed by atoms with Crippen molar-refractivity contribution in [2.75, 3.05) is 54.4 Å². The molecule has 0 amide bonds. The molecule has 0 N–H and O–H groups in total. The number of hydrogen-bond acceptors (Lipinski definition) is 4. The van der Waals surface area contributed by atoms with Crippen LogP contribution in [-0.4, -0.2) is 76.9 Å². The van der Waals surface area contributed by atoms with Gasteiger partial charge in [-0.3, -0.25) is 0 Å². The SMILES string of the molecule is CN(C)CCCN(CCCN(C)C)S(=O)(=O)c1ccc(Br)cc1Br. The molecule has 0 bridgehead atoms. The maximum atomic E-state index is 13.1. The van der Waals surface area contributed by atoms with Crippen LogP contribution in [0.15, 0.2) is 32.0 Å². The molecule has 0 aromatic heterocycles. The van der Waals surface area contributed by atoms with E-state index in [0.717, 1.165) is 30.4 Å². The van der Waals surface area contributed by atoms with Crippen LogP contribution in [0.5, 0.6) is 0 Å². The lowest BCUT2D eigenvalue weighted by Crippen LogP contribution is -2.35. The second-order valence-corrected chi connectivity index (χ2v) is 9.97. The molecular formula is C16H27Br2N3O2S. The van der Waals surface area contributed by atoms with Crippen molar-refractivity contribution in [3.8, 4) is 0 Å². The molecular weight excluding hydrogens is 458 g/mol. The van der Waals surface area contributed by atoms with Crippen LogP contribution < -0.4 is 0 Å². The molecule has 1 aromatic carbocycles. The van der Waals surface area contributed by atoms with Gasteiger partial charge in [-0.1, -0.05) is 15.9 Å². The minimum atomic E-state index is -3.52. The first kappa shape index (κ1) is 22.1. The zero-order valence-corrected chi connectivity index (χ0v) is 18.8. The molecule has 1 aromatic rings. The number of benzene rings is 1. The summed E-state index contributed by atoms with van der Waals surface area (Å²) in [6.45, 7) is 2.77. The molecule has 0 unspecified atom stereocenters. The van der Waals surface area contributed by atoms with Crippen molar-refractivity contribution in [2.45, 2.75) is 17.7 Å². The van der Waals surface area contributed by atoms with Crippen LogP contribution in [-0.2, 0) is 10.0 Å². The normalized spacial score (nSPS) is 12.5. The van der Waals surface area contributed by atoms with Crippen molar-refractivity contribution >= 4 is 41.9 Å². The molecule has 0 aliphatic rings. The van der Waals surface area contributed by atoms with Crippen LogP contribution in [0, 0.1) is 0 Å². The van der Waals surface area contributed by atoms with Crippen LogP contribution in [0.4, 0.5) is 0 Å². The van der Waals surface area contributed by atoms with E-state index in [1.165, 1.54) is 0 Å². The Morgan fingerprint density at radius 1 is 0.875 bits per heavy atom. The van der Waals surface area contributed by atoms with Gasteiger partial charge in [0.05, 0.1) is 4.90 Å². The second kappa shape index (κ2) is 10.2. The zero-order chi connectivity index (χ0) is 18.3. The summed E-state index contributed by atoms with van der Waals surface area (Å²) in [6.07, 6.45) is 1.62. The minimum Gasteiger partial charge on any atom is -0.309 e. The van der Waals surface area contributed by atoms with Crippen LogP contribution in [0.1, 0.15) is 12.8 Å². The fourth-order valence-electron chi connectivity index (χ4n) is 2.30. The fourth-order valence-corrected chi connectivity index (χ4v) is 5.53. The lowest BCUT2D eigenvalue weighted by molar-refractivity contribution is 0.326. The van der Waals surface area contributed by atoms with E-state index in [1.807, 2.05) is 28.2 Å². The average Bonchev–Trinajstić information content (AvgIpc) is 2.44. The first-order valence-electron chi connectivity index (χ1n) is 7.89. The molecule has 0 atom stereocenters. The van der Waals surface area contributed by atoms with Crippen LogP contribution in [0.25, 0.3) is 0 Å². The molecule has 0 saturated carbocycles. The summed E-state index contributed by atoms with van der Waals surface area (Å²) in [5.41, 5.74) is 0. The standard InChI is InChI=1S/C16H27Br2N3O2S/c1-19(2)9-5-11-21(12-6-10-20(3)4)24(22,23)16-8-7-14(17)13-15(16)18/h7-8,13H,5-6,9-12H2,1-4H3. The molecule has 0 radical (unpaired) electrons. The molecule has 0 heterocycles. The minimum absolute atomic E-state index is 0.320. The average molecular weight is 485 g/mol. The van der Waals surface area contributed by atoms with Crippen molar-refractivity contribution < 1.29 is 8.42 Å². The van der Waals surface area contributed by atoms with Crippen LogP contribution >= 0.6 is 31.9 Å². The molecule has 0 aliphatic carbocycles. The Morgan fingerprint density at radius 3 is 1.79 bits per heavy atom. The Labute approximate surface area is 163 Å². The van der Waals surface area contributed by atoms with Gasteiger partial charge in [0.2, 0.25) is 10.0 Å². The van der Waals surface area contributed by atoms with Gasteiger partial charge >= 0.3 is 0 Å². The van der Waals surface area contributed by atoms with E-state index < -0.39 is 10.0 Å². The van der Waals surface area contributed by atoms with Gasteiger partial charge < -0.3 is 9.80 Å². The summed E-state index contributed by atoms with van der Waals surface area (Å²) in [4.78, 5) is 4.46. The Morgan fingerprint density at radius 2 is 1.38 bits per heavy atom. The van der Waals surface area contributed by atoms with Gasteiger partial charge in [0.15, 0.2) is 0 Å². The lowest BCUT2D eigenvalue weighted by atomic mass is 10.3. The summed E-state index contributed by atoms with van der Waals surface area (Å²) < 4.78 is 29.2. The molecule has 8 heteroatoms. The van der Waals surface area contributed by atoms with Crippen molar-refractivity contribution in [1.29, 1.82) is 0 Å². The molecule has 5 nitrogen and oxygen atoms in total. The van der Waals surface area contributed by atoms with Gasteiger partial charge in [-0.2, -0.15) is 4.31 Å². The molecule has 1 rings (SSSR count). The Hall–Kier alpha value is 0.01000. The smallest absolute Gasteiger partial charge is 0.244 e. The number of nitrogens with zero attached hydrogens (tertiary/aromatic N) is 3. The van der Waals surface area contributed by atoms with Gasteiger partial charge in [-0.15, -0.1) is 0 Å². The Kier molecular flexibility index (Phi) is 9.40. The predicted molar refractivity (Wildman–Crippen MR) is 107 cm³/mol. The number of sulfonamides is 1. The first-order chi connectivity index (χ1) is 11.1. The number of hydrogen-bond donors (Lipinski definition) is 0. The molecule has 0 spiro atoms. The first-order valence-corrected chi connectivity index (χ1v) is 10.9. The van der Waals surface area contributed by atoms with Crippen molar-refractivity contribution in [2.24, 2.45) is 0 Å². The third-order valence-corrected chi connectivity index (χ3v) is 6.91. The van der Waals surface area contributed by atoms with Gasteiger partial charge in [0.1, 0.15) is 0 Å². The summed E-state index contributed by atoms with van der Waals surface area (Å²) in [6, 6.07) is 5.18. The zero-order valence-electron chi connectivity index (χ0n) is 14.8. The van der Waals surface area contributed by atoms with E-state index in [0.29, 0.717) is 22.5 Å². The van der Waals surface area contributed by atoms with Crippen molar-refractivity contribution in [3.63, 3.8) is 0 Å². The van der Waals surface area contributed by atoms with Crippen LogP contribution in [0.3, 0.4) is 0 Å². The highest BCUT2D eigenvalue weighted by atomic mass is 79.9. The lowest BCUT2D eigenvalue weighted by Gasteiger charge is -2.24. The van der Waals surface area contributed by atoms with E-state index in [2.05, 4.69) is 41.7 Å². The number of halogens is 2. The quantitative estimate of drug-likeness (QED) is 0.511. The molecule has 0 fully saturated rings. The monoisotopic (exact) mass is 483 g/mol. The van der Waals surface area contributed by atoms with E-state index in [4.69, 9.17) is 0 Å². The summed E-state index contributed by atoms with van der Waals surface area (Å²) in [7, 11) is 4.47. The van der Waals surface area contributed by atoms with Gasteiger partial charge in [-0.25, -0.2) is 8.42 Å². The van der Waals surface area contributed by atoms with Crippen molar-refractivity contribution in [3.05, 3.63) is 27.1 Å². The van der Waals surface area contributed by atoms with E-state index in [-0.39, 0.29) is 0 Å². The fraction of sp³-hybridized carbons (Fsp3) is 0.625. The van der Waals surface area contributed by atoms with E-state index in [1.54, 1.807) is 22.5 Å². The topological polar surface area (TPSA) is 43.9 Å². The molecule has 0 aliphatic heterocycles. The van der Waals surface area contributed by atoms with Crippen molar-refractivity contribution in [1.82, 2.24) is 14.1 Å². The molecule has 138 valence electrons. The molecule has 24 heavy (non-hydrogen) atoms. The largest absolute Gasteiger partial charge is 0.309 e. The van der Waals surface area contributed by atoms with E-state index >= 15 is 0 Å². The summed E-state index contributed by atoms with van der Waals surface area (Å²) >= 11 is 6.75. The highest BCUT2D eigenvalue weighted by Crippen LogP contribution is 2.28. The second-order valence-electron chi connectivity index (χ2n) is 6.29. The highest BCUT2D eigenvalue weighted by molar-refractivity contribution is 9.11. The predicted octanol–water partition coefficient (Wildman–Crippen LogP) is 3.11. The number of rotatable bonds is 10. The molecule has 0 saturated heterocycles. The maximum Gasteiger partial charge on any atom is 0.244 e. The maximum absolute atomic E-state index is 13.1. The Balaban J connectivity index is 2.96. The van der Waals surface area contributed by atoms with Gasteiger partial charge in [-0.05, 0) is 88.3 Å². The summed E-state index contributed by atoms with van der Waals surface area (Å²) in [5.74, 6) is 0. The van der Waals surface area contributed by atoms with Gasteiger partial charge in [0.25, 0.3) is 0 Å². The Bertz CT molecular complexity index is 608. The summed E-state index contributed by atoms with van der Waals surface area (Å²) in [5, 5.41) is 0. The van der Waals surface area contributed by atoms with Crippen LogP contribution in [0.2, 0.25) is 0 Å². The third kappa shape index (κ3) is 7.09. The van der Waals surface area contributed by atoms with E-state index in [9.17, 15) is 8.42 Å².